The average molecular weight is 464 g/mol. The van der Waals surface area contributed by atoms with Gasteiger partial charge in [-0.25, -0.2) is 4.98 Å². The summed E-state index contributed by atoms with van der Waals surface area (Å²) in [6, 6.07) is 22.9. The van der Waals surface area contributed by atoms with Gasteiger partial charge in [0.2, 0.25) is 5.91 Å². The van der Waals surface area contributed by atoms with Crippen molar-refractivity contribution in [2.75, 3.05) is 19.5 Å². The highest BCUT2D eigenvalue weighted by Gasteiger charge is 2.23. The normalized spacial score (nSPS) is 10.7. The molecule has 0 aliphatic carbocycles. The molecule has 1 aromatic heterocycles. The van der Waals surface area contributed by atoms with Gasteiger partial charge in [-0.15, -0.1) is 0 Å². The van der Waals surface area contributed by atoms with Crippen molar-refractivity contribution in [1.29, 1.82) is 0 Å². The SMILES string of the molecule is COc1cc(OC)c2nc(NC(=S)NC(=O)C(c3ccccc3)c3ccccc3)sc2c1. The van der Waals surface area contributed by atoms with Gasteiger partial charge in [-0.3, -0.25) is 4.79 Å². The Balaban J connectivity index is 1.54. The van der Waals surface area contributed by atoms with Crippen molar-refractivity contribution in [2.45, 2.75) is 5.92 Å². The number of aromatic nitrogens is 1. The predicted octanol–water partition coefficient (Wildman–Crippen LogP) is 4.96. The van der Waals surface area contributed by atoms with Crippen LogP contribution < -0.4 is 20.1 Å². The lowest BCUT2D eigenvalue weighted by molar-refractivity contribution is -0.120. The fourth-order valence-corrected chi connectivity index (χ4v) is 4.58. The minimum atomic E-state index is -0.489. The summed E-state index contributed by atoms with van der Waals surface area (Å²) in [5.74, 6) is 0.568. The first-order valence-electron chi connectivity index (χ1n) is 9.83. The van der Waals surface area contributed by atoms with Gasteiger partial charge in [0.05, 0.1) is 24.8 Å². The quantitative estimate of drug-likeness (QED) is 0.394. The molecule has 0 aliphatic heterocycles. The minimum Gasteiger partial charge on any atom is -0.497 e. The van der Waals surface area contributed by atoms with E-state index in [0.717, 1.165) is 15.8 Å². The molecule has 1 heterocycles. The molecule has 8 heteroatoms. The van der Waals surface area contributed by atoms with E-state index in [2.05, 4.69) is 15.6 Å². The molecule has 0 radical (unpaired) electrons. The smallest absolute Gasteiger partial charge is 0.238 e. The maximum atomic E-state index is 13.2. The summed E-state index contributed by atoms with van der Waals surface area (Å²) in [5.41, 5.74) is 2.47. The number of carbonyl (C=O) groups excluding carboxylic acids is 1. The fourth-order valence-electron chi connectivity index (χ4n) is 3.40. The van der Waals surface area contributed by atoms with Crippen LogP contribution >= 0.6 is 23.6 Å². The Labute approximate surface area is 195 Å². The second-order valence-electron chi connectivity index (χ2n) is 6.89. The molecule has 4 rings (SSSR count). The van der Waals surface area contributed by atoms with Crippen molar-refractivity contribution in [2.24, 2.45) is 0 Å². The van der Waals surface area contributed by atoms with Gasteiger partial charge in [-0.2, -0.15) is 0 Å². The Kier molecular flexibility index (Phi) is 6.63. The second-order valence-corrected chi connectivity index (χ2v) is 8.33. The second kappa shape index (κ2) is 9.76. The fraction of sp³-hybridized carbons (Fsp3) is 0.125. The summed E-state index contributed by atoms with van der Waals surface area (Å²) >= 11 is 6.81. The third-order valence-electron chi connectivity index (χ3n) is 4.87. The number of hydrogen-bond acceptors (Lipinski definition) is 6. The monoisotopic (exact) mass is 463 g/mol. The molecule has 0 saturated heterocycles. The highest BCUT2D eigenvalue weighted by Crippen LogP contribution is 2.36. The van der Waals surface area contributed by atoms with Crippen molar-refractivity contribution in [3.8, 4) is 11.5 Å². The van der Waals surface area contributed by atoms with Crippen molar-refractivity contribution in [3.63, 3.8) is 0 Å². The number of nitrogens with one attached hydrogen (secondary N) is 2. The van der Waals surface area contributed by atoms with Crippen LogP contribution in [0.2, 0.25) is 0 Å². The van der Waals surface area contributed by atoms with Crippen LogP contribution in [0.15, 0.2) is 72.8 Å². The third-order valence-corrected chi connectivity index (χ3v) is 6.00. The van der Waals surface area contributed by atoms with Gasteiger partial charge >= 0.3 is 0 Å². The number of amides is 1. The maximum absolute atomic E-state index is 13.2. The zero-order valence-corrected chi connectivity index (χ0v) is 19.1. The first-order chi connectivity index (χ1) is 15.6. The van der Waals surface area contributed by atoms with E-state index in [9.17, 15) is 4.79 Å². The van der Waals surface area contributed by atoms with E-state index in [-0.39, 0.29) is 11.0 Å². The van der Waals surface area contributed by atoms with Gasteiger partial charge in [0.25, 0.3) is 0 Å². The number of ether oxygens (including phenoxy) is 2. The summed E-state index contributed by atoms with van der Waals surface area (Å²) in [6.07, 6.45) is 0. The molecule has 0 aliphatic rings. The molecular formula is C24H21N3O3S2. The molecule has 2 N–H and O–H groups in total. The molecule has 4 aromatic rings. The number of methoxy groups -OCH3 is 2. The van der Waals surface area contributed by atoms with E-state index in [0.29, 0.717) is 22.1 Å². The molecule has 0 saturated carbocycles. The molecule has 1 amide bonds. The topological polar surface area (TPSA) is 72.5 Å². The van der Waals surface area contributed by atoms with E-state index in [1.54, 1.807) is 20.3 Å². The number of fused-ring (bicyclic) bond motifs is 1. The molecule has 0 bridgehead atoms. The molecule has 0 atom stereocenters. The third kappa shape index (κ3) is 4.71. The van der Waals surface area contributed by atoms with Gasteiger partial charge in [0, 0.05) is 6.07 Å². The van der Waals surface area contributed by atoms with E-state index >= 15 is 0 Å². The van der Waals surface area contributed by atoms with Crippen molar-refractivity contribution < 1.29 is 14.3 Å². The van der Waals surface area contributed by atoms with Gasteiger partial charge in [-0.05, 0) is 29.4 Å². The van der Waals surface area contributed by atoms with Crippen LogP contribution in [0.3, 0.4) is 0 Å². The van der Waals surface area contributed by atoms with Crippen LogP contribution in [0.5, 0.6) is 11.5 Å². The number of benzene rings is 3. The number of hydrogen-bond donors (Lipinski definition) is 2. The van der Waals surface area contributed by atoms with Crippen molar-refractivity contribution in [1.82, 2.24) is 10.3 Å². The Bertz CT molecular complexity index is 1200. The lowest BCUT2D eigenvalue weighted by Crippen LogP contribution is -2.37. The number of anilines is 1. The minimum absolute atomic E-state index is 0.178. The molecule has 0 fully saturated rings. The van der Waals surface area contributed by atoms with E-state index < -0.39 is 5.92 Å². The first-order valence-corrected chi connectivity index (χ1v) is 11.1. The lowest BCUT2D eigenvalue weighted by atomic mass is 9.90. The van der Waals surface area contributed by atoms with Crippen molar-refractivity contribution >= 4 is 49.9 Å². The van der Waals surface area contributed by atoms with Gasteiger partial charge in [0.15, 0.2) is 10.2 Å². The highest BCUT2D eigenvalue weighted by molar-refractivity contribution is 7.80. The summed E-state index contributed by atoms with van der Waals surface area (Å²) in [6.45, 7) is 0. The summed E-state index contributed by atoms with van der Waals surface area (Å²) in [5, 5.41) is 6.56. The number of nitrogens with zero attached hydrogens (tertiary/aromatic N) is 1. The summed E-state index contributed by atoms with van der Waals surface area (Å²) in [7, 11) is 3.18. The lowest BCUT2D eigenvalue weighted by Gasteiger charge is -2.18. The molecule has 0 spiro atoms. The van der Waals surface area contributed by atoms with Gasteiger partial charge in [0.1, 0.15) is 17.0 Å². The van der Waals surface area contributed by atoms with Gasteiger partial charge in [-0.1, -0.05) is 72.0 Å². The molecule has 162 valence electrons. The Morgan fingerprint density at radius 3 is 2.16 bits per heavy atom. The largest absolute Gasteiger partial charge is 0.497 e. The predicted molar refractivity (Wildman–Crippen MR) is 132 cm³/mol. The number of carbonyl (C=O) groups is 1. The number of rotatable bonds is 6. The van der Waals surface area contributed by atoms with Crippen LogP contribution in [-0.2, 0) is 4.79 Å². The maximum Gasteiger partial charge on any atom is 0.238 e. The van der Waals surface area contributed by atoms with E-state index in [4.69, 9.17) is 21.7 Å². The van der Waals surface area contributed by atoms with Gasteiger partial charge < -0.3 is 20.1 Å². The van der Waals surface area contributed by atoms with E-state index in [1.165, 1.54) is 11.3 Å². The average Bonchev–Trinajstić information content (AvgIpc) is 3.21. The van der Waals surface area contributed by atoms with Crippen LogP contribution in [0, 0.1) is 0 Å². The Morgan fingerprint density at radius 1 is 0.969 bits per heavy atom. The van der Waals surface area contributed by atoms with Crippen LogP contribution in [-0.4, -0.2) is 30.2 Å². The molecule has 6 nitrogen and oxygen atoms in total. The summed E-state index contributed by atoms with van der Waals surface area (Å²) in [4.78, 5) is 17.8. The molecule has 32 heavy (non-hydrogen) atoms. The number of thiocarbonyl (C=S) groups is 1. The standard InChI is InChI=1S/C24H21N3O3S2/c1-29-17-13-18(30-2)21-19(14-17)32-24(25-21)27-23(31)26-22(28)20(15-9-5-3-6-10-15)16-11-7-4-8-12-16/h3-14,20H,1-2H3,(H2,25,26,27,28,31). The number of thiazole rings is 1. The Morgan fingerprint density at radius 2 is 1.59 bits per heavy atom. The molecular weight excluding hydrogens is 442 g/mol. The van der Waals surface area contributed by atoms with Crippen LogP contribution in [0.4, 0.5) is 5.13 Å². The zero-order chi connectivity index (χ0) is 22.5. The first kappa shape index (κ1) is 21.7. The molecule has 0 unspecified atom stereocenters. The summed E-state index contributed by atoms with van der Waals surface area (Å²) < 4.78 is 11.6. The Hall–Kier alpha value is -3.49. The van der Waals surface area contributed by atoms with Crippen LogP contribution in [0.1, 0.15) is 17.0 Å². The van der Waals surface area contributed by atoms with E-state index in [1.807, 2.05) is 66.7 Å². The van der Waals surface area contributed by atoms with Crippen molar-refractivity contribution in [3.05, 3.63) is 83.9 Å². The highest BCUT2D eigenvalue weighted by atomic mass is 32.1. The molecule has 3 aromatic carbocycles. The van der Waals surface area contributed by atoms with Crippen LogP contribution in [0.25, 0.3) is 10.2 Å². The zero-order valence-electron chi connectivity index (χ0n) is 17.5.